The summed E-state index contributed by atoms with van der Waals surface area (Å²) in [5.41, 5.74) is 1.52. The molecule has 3 nitrogen and oxygen atoms in total. The molecule has 17 heavy (non-hydrogen) atoms. The molecule has 0 radical (unpaired) electrons. The summed E-state index contributed by atoms with van der Waals surface area (Å²) in [5, 5.41) is 2.83. The number of carbonyl (C=O) groups is 1. The van der Waals surface area contributed by atoms with Crippen LogP contribution >= 0.6 is 15.9 Å². The first-order valence-corrected chi connectivity index (χ1v) is 6.28. The Kier molecular flexibility index (Phi) is 4.71. The highest BCUT2D eigenvalue weighted by Crippen LogP contribution is 2.23. The van der Waals surface area contributed by atoms with E-state index in [1.165, 1.54) is 0 Å². The van der Waals surface area contributed by atoms with Crippen LogP contribution in [0.1, 0.15) is 26.3 Å². The Hall–Kier alpha value is -0.870. The van der Waals surface area contributed by atoms with Crippen molar-refractivity contribution in [3.63, 3.8) is 0 Å². The number of amides is 1. The van der Waals surface area contributed by atoms with Gasteiger partial charge in [-0.2, -0.15) is 0 Å². The first-order chi connectivity index (χ1) is 7.79. The Bertz CT molecular complexity index is 410. The zero-order valence-electron chi connectivity index (χ0n) is 10.6. The maximum Gasteiger partial charge on any atom is 0.250 e. The highest BCUT2D eigenvalue weighted by Gasteiger charge is 2.13. The fraction of sp³-hybridized carbons (Fsp3) is 0.462. The number of ether oxygens (including phenoxy) is 1. The van der Waals surface area contributed by atoms with E-state index in [-0.39, 0.29) is 18.1 Å². The van der Waals surface area contributed by atoms with Gasteiger partial charge in [0.05, 0.1) is 5.60 Å². The van der Waals surface area contributed by atoms with Crippen LogP contribution in [0.4, 0.5) is 5.69 Å². The van der Waals surface area contributed by atoms with Crippen molar-refractivity contribution in [3.05, 3.63) is 28.2 Å². The minimum absolute atomic E-state index is 0.0649. The smallest absolute Gasteiger partial charge is 0.250 e. The van der Waals surface area contributed by atoms with E-state index in [0.717, 1.165) is 15.7 Å². The average Bonchev–Trinajstić information content (AvgIpc) is 2.21. The minimum Gasteiger partial charge on any atom is -0.366 e. The standard InChI is InChI=1S/C13H18BrNO2/c1-9-10(14)6-5-7-11(9)15-12(16)8-17-13(2,3)4/h5-7H,8H2,1-4H3,(H,15,16). The van der Waals surface area contributed by atoms with Gasteiger partial charge < -0.3 is 10.1 Å². The molecule has 0 aromatic heterocycles. The molecule has 0 aliphatic rings. The molecule has 1 rings (SSSR count). The molecule has 0 aliphatic heterocycles. The summed E-state index contributed by atoms with van der Waals surface area (Å²) in [5.74, 6) is -0.138. The Morgan fingerprint density at radius 1 is 1.41 bits per heavy atom. The molecule has 94 valence electrons. The van der Waals surface area contributed by atoms with Crippen LogP contribution in [0.2, 0.25) is 0 Å². The van der Waals surface area contributed by atoms with Crippen LogP contribution < -0.4 is 5.32 Å². The van der Waals surface area contributed by atoms with Crippen LogP contribution in [0.5, 0.6) is 0 Å². The fourth-order valence-corrected chi connectivity index (χ4v) is 1.58. The van der Waals surface area contributed by atoms with Crippen molar-refractivity contribution in [1.29, 1.82) is 0 Å². The molecular weight excluding hydrogens is 282 g/mol. The van der Waals surface area contributed by atoms with Crippen LogP contribution in [0, 0.1) is 6.92 Å². The Morgan fingerprint density at radius 3 is 2.65 bits per heavy atom. The number of nitrogens with one attached hydrogen (secondary N) is 1. The monoisotopic (exact) mass is 299 g/mol. The van der Waals surface area contributed by atoms with Gasteiger partial charge in [0.2, 0.25) is 5.91 Å². The summed E-state index contributed by atoms with van der Waals surface area (Å²) < 4.78 is 6.39. The number of halogens is 1. The summed E-state index contributed by atoms with van der Waals surface area (Å²) >= 11 is 3.42. The summed E-state index contributed by atoms with van der Waals surface area (Å²) in [6.07, 6.45) is 0. The molecule has 1 amide bonds. The van der Waals surface area contributed by atoms with Gasteiger partial charge in [0.15, 0.2) is 0 Å². The lowest BCUT2D eigenvalue weighted by Gasteiger charge is -2.19. The van der Waals surface area contributed by atoms with Crippen molar-refractivity contribution < 1.29 is 9.53 Å². The van der Waals surface area contributed by atoms with E-state index in [2.05, 4.69) is 21.2 Å². The molecule has 1 N–H and O–H groups in total. The van der Waals surface area contributed by atoms with E-state index in [4.69, 9.17) is 4.74 Å². The van der Waals surface area contributed by atoms with Crippen LogP contribution in [0.25, 0.3) is 0 Å². The Morgan fingerprint density at radius 2 is 2.06 bits per heavy atom. The average molecular weight is 300 g/mol. The van der Waals surface area contributed by atoms with Gasteiger partial charge >= 0.3 is 0 Å². The lowest BCUT2D eigenvalue weighted by atomic mass is 10.2. The van der Waals surface area contributed by atoms with Crippen molar-refractivity contribution >= 4 is 27.5 Å². The Labute approximate surface area is 111 Å². The van der Waals surface area contributed by atoms with E-state index in [1.807, 2.05) is 45.9 Å². The van der Waals surface area contributed by atoms with E-state index >= 15 is 0 Å². The van der Waals surface area contributed by atoms with Crippen LogP contribution in [-0.2, 0) is 9.53 Å². The molecule has 0 bridgehead atoms. The second-order valence-corrected chi connectivity index (χ2v) is 5.72. The van der Waals surface area contributed by atoms with E-state index in [1.54, 1.807) is 0 Å². The number of carbonyl (C=O) groups excluding carboxylic acids is 1. The molecule has 0 saturated carbocycles. The van der Waals surface area contributed by atoms with Crippen LogP contribution in [0.3, 0.4) is 0 Å². The minimum atomic E-state index is -0.302. The molecule has 0 fully saturated rings. The quantitative estimate of drug-likeness (QED) is 0.927. The molecule has 0 unspecified atom stereocenters. The van der Waals surface area contributed by atoms with Gasteiger partial charge in [-0.3, -0.25) is 4.79 Å². The number of anilines is 1. The number of hydrogen-bond donors (Lipinski definition) is 1. The first-order valence-electron chi connectivity index (χ1n) is 5.48. The van der Waals surface area contributed by atoms with Gasteiger partial charge in [-0.1, -0.05) is 22.0 Å². The van der Waals surface area contributed by atoms with Gasteiger partial charge in [0.25, 0.3) is 0 Å². The molecule has 0 atom stereocenters. The molecule has 0 aliphatic carbocycles. The van der Waals surface area contributed by atoms with Gasteiger partial charge in [-0.05, 0) is 45.4 Å². The second-order valence-electron chi connectivity index (χ2n) is 4.86. The summed E-state index contributed by atoms with van der Waals surface area (Å²) in [4.78, 5) is 11.7. The van der Waals surface area contributed by atoms with Crippen molar-refractivity contribution in [3.8, 4) is 0 Å². The summed E-state index contributed by atoms with van der Waals surface area (Å²) in [7, 11) is 0. The lowest BCUT2D eigenvalue weighted by Crippen LogP contribution is -2.27. The second kappa shape index (κ2) is 5.65. The third-order valence-electron chi connectivity index (χ3n) is 2.18. The van der Waals surface area contributed by atoms with Crippen LogP contribution in [-0.4, -0.2) is 18.1 Å². The number of hydrogen-bond acceptors (Lipinski definition) is 2. The maximum atomic E-state index is 11.7. The maximum absolute atomic E-state index is 11.7. The number of benzene rings is 1. The highest BCUT2D eigenvalue weighted by molar-refractivity contribution is 9.10. The SMILES string of the molecule is Cc1c(Br)cccc1NC(=O)COC(C)(C)C. The fourth-order valence-electron chi connectivity index (χ4n) is 1.21. The normalized spacial score (nSPS) is 11.4. The van der Waals surface area contributed by atoms with Crippen molar-refractivity contribution in [2.75, 3.05) is 11.9 Å². The third kappa shape index (κ3) is 4.88. The Balaban J connectivity index is 2.60. The summed E-state index contributed by atoms with van der Waals surface area (Å²) in [6.45, 7) is 7.78. The van der Waals surface area contributed by atoms with Crippen molar-refractivity contribution in [1.82, 2.24) is 0 Å². The van der Waals surface area contributed by atoms with Crippen LogP contribution in [0.15, 0.2) is 22.7 Å². The summed E-state index contributed by atoms with van der Waals surface area (Å²) in [6, 6.07) is 5.70. The van der Waals surface area contributed by atoms with E-state index in [0.29, 0.717) is 0 Å². The molecule has 4 heteroatoms. The van der Waals surface area contributed by atoms with Crippen molar-refractivity contribution in [2.45, 2.75) is 33.3 Å². The predicted octanol–water partition coefficient (Wildman–Crippen LogP) is 3.51. The molecule has 0 spiro atoms. The molecule has 1 aromatic carbocycles. The first kappa shape index (κ1) is 14.2. The molecular formula is C13H18BrNO2. The van der Waals surface area contributed by atoms with Gasteiger partial charge in [0.1, 0.15) is 6.61 Å². The molecule has 1 aromatic rings. The third-order valence-corrected chi connectivity index (χ3v) is 3.04. The zero-order valence-corrected chi connectivity index (χ0v) is 12.2. The van der Waals surface area contributed by atoms with E-state index in [9.17, 15) is 4.79 Å². The number of rotatable bonds is 3. The largest absolute Gasteiger partial charge is 0.366 e. The van der Waals surface area contributed by atoms with Gasteiger partial charge in [-0.25, -0.2) is 0 Å². The molecule has 0 saturated heterocycles. The highest BCUT2D eigenvalue weighted by atomic mass is 79.9. The topological polar surface area (TPSA) is 38.3 Å². The van der Waals surface area contributed by atoms with E-state index < -0.39 is 0 Å². The predicted molar refractivity (Wildman–Crippen MR) is 73.2 cm³/mol. The van der Waals surface area contributed by atoms with Gasteiger partial charge in [-0.15, -0.1) is 0 Å². The van der Waals surface area contributed by atoms with Gasteiger partial charge in [0, 0.05) is 10.2 Å². The van der Waals surface area contributed by atoms with Crippen molar-refractivity contribution in [2.24, 2.45) is 0 Å². The molecule has 0 heterocycles. The zero-order chi connectivity index (χ0) is 13.1. The lowest BCUT2D eigenvalue weighted by molar-refractivity contribution is -0.125.